The number of amides is 1. The molecule has 94 valence electrons. The van der Waals surface area contributed by atoms with Gasteiger partial charge in [-0.3, -0.25) is 4.79 Å². The minimum absolute atomic E-state index is 0.230. The second-order valence-corrected chi connectivity index (χ2v) is 4.29. The van der Waals surface area contributed by atoms with Crippen LogP contribution in [-0.2, 0) is 0 Å². The van der Waals surface area contributed by atoms with Crippen molar-refractivity contribution < 1.29 is 4.79 Å². The number of benzene rings is 1. The summed E-state index contributed by atoms with van der Waals surface area (Å²) >= 11 is 0. The number of aryl methyl sites for hydroxylation is 2. The third-order valence-corrected chi connectivity index (χ3v) is 2.73. The summed E-state index contributed by atoms with van der Waals surface area (Å²) in [5.41, 5.74) is 3.34. The molecule has 0 aliphatic rings. The average molecular weight is 251 g/mol. The summed E-state index contributed by atoms with van der Waals surface area (Å²) in [6.07, 6.45) is 0. The van der Waals surface area contributed by atoms with Gasteiger partial charge in [0.1, 0.15) is 17.5 Å². The summed E-state index contributed by atoms with van der Waals surface area (Å²) in [6, 6.07) is 12.5. The van der Waals surface area contributed by atoms with E-state index in [2.05, 4.69) is 10.3 Å². The molecular weight excluding hydrogens is 238 g/mol. The Morgan fingerprint density at radius 1 is 1.26 bits per heavy atom. The first-order valence-electron chi connectivity index (χ1n) is 5.86. The van der Waals surface area contributed by atoms with Gasteiger partial charge < -0.3 is 5.32 Å². The van der Waals surface area contributed by atoms with E-state index in [9.17, 15) is 4.79 Å². The fourth-order valence-corrected chi connectivity index (χ4v) is 1.76. The van der Waals surface area contributed by atoms with Crippen molar-refractivity contribution >= 4 is 11.6 Å². The number of hydrogen-bond donors (Lipinski definition) is 1. The van der Waals surface area contributed by atoms with Gasteiger partial charge in [0.05, 0.1) is 0 Å². The molecule has 0 spiro atoms. The minimum Gasteiger partial charge on any atom is -0.320 e. The molecule has 0 aliphatic heterocycles. The first kappa shape index (κ1) is 12.8. The Labute approximate surface area is 111 Å². The molecular formula is C15H13N3O. The van der Waals surface area contributed by atoms with Gasteiger partial charge in [-0.15, -0.1) is 0 Å². The maximum atomic E-state index is 12.0. The monoisotopic (exact) mass is 251 g/mol. The summed E-state index contributed by atoms with van der Waals surface area (Å²) in [5.74, 6) is -0.316. The van der Waals surface area contributed by atoms with E-state index in [1.165, 1.54) is 0 Å². The average Bonchev–Trinajstić information content (AvgIpc) is 2.42. The van der Waals surface area contributed by atoms with E-state index in [-0.39, 0.29) is 17.3 Å². The summed E-state index contributed by atoms with van der Waals surface area (Å²) in [5, 5.41) is 11.6. The van der Waals surface area contributed by atoms with E-state index in [0.29, 0.717) is 0 Å². The standard InChI is InChI=1S/C15H13N3O/c1-10-6-7-13(11(2)8-10)18-15(19)14-5-3-4-12(9-16)17-14/h3-8H,1-2H3,(H,18,19). The van der Waals surface area contributed by atoms with Crippen molar-refractivity contribution in [1.82, 2.24) is 4.98 Å². The van der Waals surface area contributed by atoms with Crippen molar-refractivity contribution in [1.29, 1.82) is 5.26 Å². The van der Waals surface area contributed by atoms with E-state index < -0.39 is 0 Å². The summed E-state index contributed by atoms with van der Waals surface area (Å²) in [7, 11) is 0. The zero-order valence-corrected chi connectivity index (χ0v) is 10.8. The van der Waals surface area contributed by atoms with E-state index >= 15 is 0 Å². The number of hydrogen-bond acceptors (Lipinski definition) is 3. The van der Waals surface area contributed by atoms with Gasteiger partial charge in [0.25, 0.3) is 5.91 Å². The van der Waals surface area contributed by atoms with Crippen LogP contribution in [0.4, 0.5) is 5.69 Å². The molecule has 19 heavy (non-hydrogen) atoms. The molecule has 1 heterocycles. The zero-order valence-electron chi connectivity index (χ0n) is 10.8. The molecule has 0 bridgehead atoms. The lowest BCUT2D eigenvalue weighted by molar-refractivity contribution is 0.102. The second kappa shape index (κ2) is 5.32. The highest BCUT2D eigenvalue weighted by atomic mass is 16.1. The number of rotatable bonds is 2. The number of carbonyl (C=O) groups excluding carboxylic acids is 1. The third-order valence-electron chi connectivity index (χ3n) is 2.73. The normalized spacial score (nSPS) is 9.74. The molecule has 0 radical (unpaired) electrons. The third kappa shape index (κ3) is 2.96. The molecule has 1 aromatic heterocycles. The Bertz CT molecular complexity index is 671. The number of pyridine rings is 1. The lowest BCUT2D eigenvalue weighted by Crippen LogP contribution is -2.14. The van der Waals surface area contributed by atoms with E-state index in [1.54, 1.807) is 18.2 Å². The van der Waals surface area contributed by atoms with Crippen molar-refractivity contribution in [2.24, 2.45) is 0 Å². The summed E-state index contributed by atoms with van der Waals surface area (Å²) in [4.78, 5) is 16.0. The number of carbonyl (C=O) groups is 1. The first-order chi connectivity index (χ1) is 9.10. The van der Waals surface area contributed by atoms with E-state index in [0.717, 1.165) is 16.8 Å². The van der Waals surface area contributed by atoms with Crippen LogP contribution in [0.1, 0.15) is 27.3 Å². The largest absolute Gasteiger partial charge is 0.320 e. The lowest BCUT2D eigenvalue weighted by atomic mass is 10.1. The van der Waals surface area contributed by atoms with Crippen LogP contribution in [0.2, 0.25) is 0 Å². The lowest BCUT2D eigenvalue weighted by Gasteiger charge is -2.08. The second-order valence-electron chi connectivity index (χ2n) is 4.29. The molecule has 0 saturated carbocycles. The predicted octanol–water partition coefficient (Wildman–Crippen LogP) is 2.82. The van der Waals surface area contributed by atoms with Crippen molar-refractivity contribution in [3.05, 3.63) is 58.9 Å². The van der Waals surface area contributed by atoms with Crippen LogP contribution in [0, 0.1) is 25.2 Å². The Kier molecular flexibility index (Phi) is 3.58. The van der Waals surface area contributed by atoms with Crippen LogP contribution in [0.15, 0.2) is 36.4 Å². The SMILES string of the molecule is Cc1ccc(NC(=O)c2cccc(C#N)n2)c(C)c1. The van der Waals surface area contributed by atoms with Crippen molar-refractivity contribution in [3.63, 3.8) is 0 Å². The molecule has 1 N–H and O–H groups in total. The van der Waals surface area contributed by atoms with Crippen LogP contribution in [0.25, 0.3) is 0 Å². The smallest absolute Gasteiger partial charge is 0.274 e. The fraction of sp³-hybridized carbons (Fsp3) is 0.133. The van der Waals surface area contributed by atoms with Crippen LogP contribution in [0.5, 0.6) is 0 Å². The van der Waals surface area contributed by atoms with Gasteiger partial charge in [-0.05, 0) is 37.6 Å². The highest BCUT2D eigenvalue weighted by molar-refractivity contribution is 6.03. The molecule has 2 rings (SSSR count). The topological polar surface area (TPSA) is 65.8 Å². The van der Waals surface area contributed by atoms with Crippen molar-refractivity contribution in [2.45, 2.75) is 13.8 Å². The maximum absolute atomic E-state index is 12.0. The maximum Gasteiger partial charge on any atom is 0.274 e. The van der Waals surface area contributed by atoms with E-state index in [1.807, 2.05) is 38.1 Å². The Morgan fingerprint density at radius 2 is 2.05 bits per heavy atom. The molecule has 2 aromatic rings. The Morgan fingerprint density at radius 3 is 2.74 bits per heavy atom. The van der Waals surface area contributed by atoms with Crippen LogP contribution in [-0.4, -0.2) is 10.9 Å². The summed E-state index contributed by atoms with van der Waals surface area (Å²) in [6.45, 7) is 3.93. The van der Waals surface area contributed by atoms with Crippen LogP contribution < -0.4 is 5.32 Å². The van der Waals surface area contributed by atoms with Crippen molar-refractivity contribution in [2.75, 3.05) is 5.32 Å². The van der Waals surface area contributed by atoms with Gasteiger partial charge >= 0.3 is 0 Å². The summed E-state index contributed by atoms with van der Waals surface area (Å²) < 4.78 is 0. The molecule has 0 atom stereocenters. The highest BCUT2D eigenvalue weighted by Gasteiger charge is 2.09. The predicted molar refractivity (Wildman–Crippen MR) is 72.8 cm³/mol. The number of nitriles is 1. The molecule has 1 amide bonds. The number of nitrogens with zero attached hydrogens (tertiary/aromatic N) is 2. The molecule has 0 unspecified atom stereocenters. The van der Waals surface area contributed by atoms with E-state index in [4.69, 9.17) is 5.26 Å². The first-order valence-corrected chi connectivity index (χ1v) is 5.86. The Hall–Kier alpha value is -2.67. The number of nitrogens with one attached hydrogen (secondary N) is 1. The van der Waals surface area contributed by atoms with Gasteiger partial charge in [-0.1, -0.05) is 23.8 Å². The zero-order chi connectivity index (χ0) is 13.8. The highest BCUT2D eigenvalue weighted by Crippen LogP contribution is 2.16. The number of anilines is 1. The van der Waals surface area contributed by atoms with Crippen LogP contribution in [0.3, 0.4) is 0 Å². The van der Waals surface area contributed by atoms with Gasteiger partial charge in [0, 0.05) is 5.69 Å². The van der Waals surface area contributed by atoms with Gasteiger partial charge in [0.15, 0.2) is 0 Å². The molecule has 4 heteroatoms. The van der Waals surface area contributed by atoms with Gasteiger partial charge in [0.2, 0.25) is 0 Å². The van der Waals surface area contributed by atoms with Crippen LogP contribution >= 0.6 is 0 Å². The van der Waals surface area contributed by atoms with Gasteiger partial charge in [-0.25, -0.2) is 4.98 Å². The Balaban J connectivity index is 2.23. The van der Waals surface area contributed by atoms with Gasteiger partial charge in [-0.2, -0.15) is 5.26 Å². The molecule has 1 aromatic carbocycles. The molecule has 4 nitrogen and oxygen atoms in total. The number of aromatic nitrogens is 1. The quantitative estimate of drug-likeness (QED) is 0.892. The fourth-order valence-electron chi connectivity index (χ4n) is 1.76. The molecule has 0 aliphatic carbocycles. The van der Waals surface area contributed by atoms with Crippen molar-refractivity contribution in [3.8, 4) is 6.07 Å². The molecule has 0 fully saturated rings. The molecule has 0 saturated heterocycles. The minimum atomic E-state index is -0.316.